The van der Waals surface area contributed by atoms with Crippen LogP contribution in [0.1, 0.15) is 68.6 Å². The minimum atomic E-state index is 0. The van der Waals surface area contributed by atoms with Crippen molar-refractivity contribution in [3.63, 3.8) is 0 Å². The van der Waals surface area contributed by atoms with Gasteiger partial charge < -0.3 is 0 Å². The number of rotatable bonds is 4. The van der Waals surface area contributed by atoms with Crippen LogP contribution in [0.4, 0.5) is 0 Å². The number of hydrogen-bond acceptors (Lipinski definition) is 0. The second kappa shape index (κ2) is 8.17. The monoisotopic (exact) mass is 406 g/mol. The van der Waals surface area contributed by atoms with Gasteiger partial charge in [0.1, 0.15) is 0 Å². The molecule has 25 heavy (non-hydrogen) atoms. The van der Waals surface area contributed by atoms with Gasteiger partial charge >= 0.3 is 0 Å². The number of allylic oxidation sites excluding steroid dienone is 1. The molecule has 0 atom stereocenters. The third kappa shape index (κ3) is 4.08. The molecule has 0 amide bonds. The molecule has 0 aromatic heterocycles. The summed E-state index contributed by atoms with van der Waals surface area (Å²) in [6.45, 7) is 4.51. The molecule has 0 N–H and O–H groups in total. The van der Waals surface area contributed by atoms with Gasteiger partial charge in [-0.3, -0.25) is 0 Å². The summed E-state index contributed by atoms with van der Waals surface area (Å²) in [5.74, 6) is 1.54. The van der Waals surface area contributed by atoms with E-state index in [1.807, 2.05) is 0 Å². The van der Waals surface area contributed by atoms with Crippen molar-refractivity contribution in [2.45, 2.75) is 58.3 Å². The minimum absolute atomic E-state index is 0. The van der Waals surface area contributed by atoms with E-state index in [1.165, 1.54) is 66.3 Å². The Hall–Kier alpha value is -0.937. The zero-order chi connectivity index (χ0) is 16.5. The van der Waals surface area contributed by atoms with Gasteiger partial charge in [-0.15, -0.1) is 0 Å². The first-order valence-electron chi connectivity index (χ1n) is 9.62. The van der Waals surface area contributed by atoms with Crippen LogP contribution in [0.3, 0.4) is 0 Å². The fourth-order valence-electron chi connectivity index (χ4n) is 4.45. The molecule has 0 radical (unpaired) electrons. The van der Waals surface area contributed by atoms with Crippen molar-refractivity contribution in [3.8, 4) is 11.1 Å². The molecule has 0 aliphatic heterocycles. The van der Waals surface area contributed by atoms with Crippen molar-refractivity contribution in [1.29, 1.82) is 0 Å². The molecule has 0 nitrogen and oxygen atoms in total. The van der Waals surface area contributed by atoms with Crippen molar-refractivity contribution < 1.29 is 26.2 Å². The summed E-state index contributed by atoms with van der Waals surface area (Å²) in [6.07, 6.45) is 10.8. The predicted octanol–water partition coefficient (Wildman–Crippen LogP) is 6.99. The second-order valence-corrected chi connectivity index (χ2v) is 7.99. The molecule has 2 aliphatic carbocycles. The standard InChI is InChI=1S/C24H28.Zr/c1-17(2)20-10-12-21(13-11-20)23-9-5-8-22-15-19(16-24(22)23)14-18-6-3-4-7-18;/h5,8-13,16-18H,3-4,6-7,14-15H2,1-2H3;. The van der Waals surface area contributed by atoms with Crippen LogP contribution in [0.5, 0.6) is 0 Å². The van der Waals surface area contributed by atoms with Crippen molar-refractivity contribution in [1.82, 2.24) is 0 Å². The van der Waals surface area contributed by atoms with Crippen LogP contribution in [-0.2, 0) is 32.6 Å². The molecule has 0 heterocycles. The van der Waals surface area contributed by atoms with Gasteiger partial charge in [0.2, 0.25) is 0 Å². The molecule has 0 bridgehead atoms. The van der Waals surface area contributed by atoms with E-state index in [1.54, 1.807) is 5.57 Å². The zero-order valence-electron chi connectivity index (χ0n) is 15.5. The van der Waals surface area contributed by atoms with Gasteiger partial charge in [-0.2, -0.15) is 0 Å². The first-order chi connectivity index (χ1) is 11.7. The second-order valence-electron chi connectivity index (χ2n) is 7.99. The van der Waals surface area contributed by atoms with E-state index in [-0.39, 0.29) is 26.2 Å². The molecule has 4 rings (SSSR count). The van der Waals surface area contributed by atoms with Crippen LogP contribution >= 0.6 is 0 Å². The Morgan fingerprint density at radius 1 is 0.960 bits per heavy atom. The van der Waals surface area contributed by atoms with Crippen molar-refractivity contribution in [2.24, 2.45) is 5.92 Å². The van der Waals surface area contributed by atoms with Crippen LogP contribution in [0.2, 0.25) is 0 Å². The Morgan fingerprint density at radius 3 is 2.36 bits per heavy atom. The number of fused-ring (bicyclic) bond motifs is 1. The van der Waals surface area contributed by atoms with Crippen LogP contribution in [0.15, 0.2) is 48.0 Å². The first-order valence-corrected chi connectivity index (χ1v) is 9.62. The summed E-state index contributed by atoms with van der Waals surface area (Å²) in [7, 11) is 0. The third-order valence-corrected chi connectivity index (χ3v) is 5.88. The molecule has 1 saturated carbocycles. The molecule has 128 valence electrons. The van der Waals surface area contributed by atoms with Gasteiger partial charge in [-0.25, -0.2) is 0 Å². The Labute approximate surface area is 171 Å². The van der Waals surface area contributed by atoms with Gasteiger partial charge in [0, 0.05) is 26.2 Å². The maximum absolute atomic E-state index is 2.50. The van der Waals surface area contributed by atoms with Crippen LogP contribution in [0.25, 0.3) is 17.2 Å². The molecule has 2 aliphatic rings. The first kappa shape index (κ1) is 18.8. The molecule has 0 unspecified atom stereocenters. The predicted molar refractivity (Wildman–Crippen MR) is 104 cm³/mol. The Bertz CT molecular complexity index is 746. The van der Waals surface area contributed by atoms with Crippen molar-refractivity contribution in [3.05, 3.63) is 64.7 Å². The topological polar surface area (TPSA) is 0 Å². The van der Waals surface area contributed by atoms with E-state index in [0.29, 0.717) is 5.92 Å². The SMILES string of the molecule is CC(C)c1ccc(-c2cccc3c2C=C(CC2CCCC2)C3)cc1.[Zr]. The third-order valence-electron chi connectivity index (χ3n) is 5.88. The summed E-state index contributed by atoms with van der Waals surface area (Å²) in [6, 6.07) is 16.0. The molecular formula is C24H28Zr. The fourth-order valence-corrected chi connectivity index (χ4v) is 4.45. The fraction of sp³-hybridized carbons (Fsp3) is 0.417. The maximum Gasteiger partial charge on any atom is 0 e. The average Bonchev–Trinajstić information content (AvgIpc) is 3.24. The summed E-state index contributed by atoms with van der Waals surface area (Å²) in [5, 5.41) is 0. The Balaban J connectivity index is 0.00000182. The van der Waals surface area contributed by atoms with Gasteiger partial charge in [-0.05, 0) is 52.5 Å². The van der Waals surface area contributed by atoms with E-state index in [4.69, 9.17) is 0 Å². The smallest absolute Gasteiger partial charge is 0 e. The van der Waals surface area contributed by atoms with Crippen molar-refractivity contribution in [2.75, 3.05) is 0 Å². The molecule has 1 heteroatoms. The quantitative estimate of drug-likeness (QED) is 0.512. The number of benzene rings is 2. The molecular weight excluding hydrogens is 379 g/mol. The van der Waals surface area contributed by atoms with Gasteiger partial charge in [0.15, 0.2) is 0 Å². The molecule has 1 fully saturated rings. The summed E-state index contributed by atoms with van der Waals surface area (Å²) in [5.41, 5.74) is 8.84. The van der Waals surface area contributed by atoms with Gasteiger partial charge in [0.05, 0.1) is 0 Å². The Morgan fingerprint density at radius 2 is 1.68 bits per heavy atom. The Kier molecular flexibility index (Phi) is 6.16. The van der Waals surface area contributed by atoms with Crippen LogP contribution in [0, 0.1) is 5.92 Å². The van der Waals surface area contributed by atoms with Gasteiger partial charge in [0.25, 0.3) is 0 Å². The minimum Gasteiger partial charge on any atom is -0.0649 e. The van der Waals surface area contributed by atoms with Crippen LogP contribution in [-0.4, -0.2) is 0 Å². The average molecular weight is 408 g/mol. The molecule has 0 saturated heterocycles. The van der Waals surface area contributed by atoms with E-state index in [2.05, 4.69) is 62.4 Å². The van der Waals surface area contributed by atoms with E-state index in [0.717, 1.165) is 5.92 Å². The zero-order valence-corrected chi connectivity index (χ0v) is 18.0. The summed E-state index contributed by atoms with van der Waals surface area (Å²) in [4.78, 5) is 0. The number of hydrogen-bond donors (Lipinski definition) is 0. The van der Waals surface area contributed by atoms with Crippen LogP contribution < -0.4 is 0 Å². The maximum atomic E-state index is 2.50. The molecule has 2 aromatic rings. The summed E-state index contributed by atoms with van der Waals surface area (Å²) < 4.78 is 0. The van der Waals surface area contributed by atoms with E-state index < -0.39 is 0 Å². The summed E-state index contributed by atoms with van der Waals surface area (Å²) >= 11 is 0. The van der Waals surface area contributed by atoms with Crippen molar-refractivity contribution >= 4 is 6.08 Å². The van der Waals surface area contributed by atoms with E-state index >= 15 is 0 Å². The molecule has 2 aromatic carbocycles. The van der Waals surface area contributed by atoms with Gasteiger partial charge in [-0.1, -0.05) is 93.6 Å². The van der Waals surface area contributed by atoms with E-state index in [9.17, 15) is 0 Å². The molecule has 0 spiro atoms. The normalized spacial score (nSPS) is 16.7. The largest absolute Gasteiger partial charge is 0.0649 e.